The van der Waals surface area contributed by atoms with Gasteiger partial charge in [0.1, 0.15) is 23.8 Å². The molecule has 0 bridgehead atoms. The first kappa shape index (κ1) is 26.7. The second-order valence-electron chi connectivity index (χ2n) is 10.8. The van der Waals surface area contributed by atoms with Crippen LogP contribution in [0.5, 0.6) is 11.5 Å². The fourth-order valence-corrected chi connectivity index (χ4v) is 6.67. The quantitative estimate of drug-likeness (QED) is 0.343. The van der Waals surface area contributed by atoms with Gasteiger partial charge in [0, 0.05) is 55.3 Å². The third-order valence-electron chi connectivity index (χ3n) is 7.89. The van der Waals surface area contributed by atoms with Crippen LogP contribution in [-0.4, -0.2) is 80.4 Å². The maximum Gasteiger partial charge on any atom is 0.169 e. The van der Waals surface area contributed by atoms with Gasteiger partial charge < -0.3 is 14.3 Å². The summed E-state index contributed by atoms with van der Waals surface area (Å²) >= 11 is 1.46. The van der Waals surface area contributed by atoms with Crippen molar-refractivity contribution in [2.24, 2.45) is 11.1 Å². The number of Topliss-reactive ketones (excluding diaryl/α,β-unsaturated/α-hetero) is 1. The average molecular weight is 558 g/mol. The zero-order valence-electron chi connectivity index (χ0n) is 23.3. The molecule has 7 nitrogen and oxygen atoms in total. The highest BCUT2D eigenvalue weighted by atomic mass is 32.1. The van der Waals surface area contributed by atoms with Crippen LogP contribution in [0.2, 0.25) is 0 Å². The van der Waals surface area contributed by atoms with Gasteiger partial charge in [-0.1, -0.05) is 47.1 Å². The molecule has 1 fully saturated rings. The lowest BCUT2D eigenvalue weighted by molar-refractivity contribution is 0.0101. The minimum absolute atomic E-state index is 0.0319. The maximum atomic E-state index is 11.8. The number of carbonyl (C=O) groups is 1. The molecule has 6 rings (SSSR count). The summed E-state index contributed by atoms with van der Waals surface area (Å²) in [6, 6.07) is 18.3. The second-order valence-corrected chi connectivity index (χ2v) is 11.9. The van der Waals surface area contributed by atoms with E-state index in [9.17, 15) is 4.79 Å². The zero-order valence-corrected chi connectivity index (χ0v) is 24.1. The van der Waals surface area contributed by atoms with Gasteiger partial charge in [0.25, 0.3) is 0 Å². The van der Waals surface area contributed by atoms with E-state index < -0.39 is 0 Å². The van der Waals surface area contributed by atoms with Crippen LogP contribution in [0.25, 0.3) is 16.5 Å². The normalized spacial score (nSPS) is 21.2. The van der Waals surface area contributed by atoms with Crippen molar-refractivity contribution in [2.75, 3.05) is 53.0 Å². The monoisotopic (exact) mass is 557 g/mol. The van der Waals surface area contributed by atoms with Crippen molar-refractivity contribution in [1.29, 1.82) is 0 Å². The summed E-state index contributed by atoms with van der Waals surface area (Å²) in [6.45, 7) is 10.3. The molecule has 3 aliphatic heterocycles. The molecule has 0 aliphatic carbocycles. The number of thiophene rings is 1. The molecule has 0 saturated carbocycles. The van der Waals surface area contributed by atoms with Crippen LogP contribution in [0.3, 0.4) is 0 Å². The van der Waals surface area contributed by atoms with Crippen LogP contribution < -0.4 is 9.47 Å². The summed E-state index contributed by atoms with van der Waals surface area (Å²) < 4.78 is 12.0. The summed E-state index contributed by atoms with van der Waals surface area (Å²) in [5.74, 6) is 1.66. The maximum absolute atomic E-state index is 11.8. The van der Waals surface area contributed by atoms with E-state index in [1.807, 2.05) is 24.3 Å². The number of methoxy groups -OCH3 is 1. The summed E-state index contributed by atoms with van der Waals surface area (Å²) in [7, 11) is 1.67. The number of oxime groups is 1. The fraction of sp³-hybridized carbons (Fsp3) is 0.375. The molecule has 2 atom stereocenters. The predicted octanol–water partition coefficient (Wildman–Crippen LogP) is 5.46. The number of ketones is 1. The predicted molar refractivity (Wildman–Crippen MR) is 160 cm³/mol. The largest absolute Gasteiger partial charge is 0.496 e. The zero-order chi connectivity index (χ0) is 27.6. The first-order valence-corrected chi connectivity index (χ1v) is 14.7. The Morgan fingerprint density at radius 3 is 2.55 bits per heavy atom. The van der Waals surface area contributed by atoms with E-state index in [1.54, 1.807) is 14.0 Å². The molecule has 4 heterocycles. The molecular formula is C32H35N3O4S. The van der Waals surface area contributed by atoms with Crippen molar-refractivity contribution in [3.05, 3.63) is 76.2 Å². The minimum Gasteiger partial charge on any atom is -0.496 e. The van der Waals surface area contributed by atoms with Crippen LogP contribution in [0.4, 0.5) is 0 Å². The second kappa shape index (κ2) is 11.6. The summed E-state index contributed by atoms with van der Waals surface area (Å²) in [4.78, 5) is 24.5. The Kier molecular flexibility index (Phi) is 7.74. The highest BCUT2D eigenvalue weighted by Crippen LogP contribution is 2.43. The number of nitrogens with zero attached hydrogens (tertiary/aromatic N) is 3. The molecule has 2 unspecified atom stereocenters. The Bertz CT molecular complexity index is 1440. The highest BCUT2D eigenvalue weighted by molar-refractivity contribution is 7.17. The van der Waals surface area contributed by atoms with E-state index in [-0.39, 0.29) is 17.8 Å². The van der Waals surface area contributed by atoms with Crippen LogP contribution >= 0.6 is 11.3 Å². The van der Waals surface area contributed by atoms with Gasteiger partial charge in [0.2, 0.25) is 0 Å². The van der Waals surface area contributed by atoms with Crippen molar-refractivity contribution >= 4 is 28.9 Å². The number of rotatable bonds is 8. The fourth-order valence-electron chi connectivity index (χ4n) is 5.75. The molecule has 2 aromatic carbocycles. The molecular weight excluding hydrogens is 522 g/mol. The van der Waals surface area contributed by atoms with Crippen molar-refractivity contribution in [3.8, 4) is 21.9 Å². The van der Waals surface area contributed by atoms with E-state index in [0.717, 1.165) is 77.4 Å². The lowest BCUT2D eigenvalue weighted by Gasteiger charge is -2.36. The third-order valence-corrected chi connectivity index (χ3v) is 9.11. The molecule has 1 saturated heterocycles. The average Bonchev–Trinajstić information content (AvgIpc) is 3.62. The summed E-state index contributed by atoms with van der Waals surface area (Å²) in [5, 5.41) is 4.54. The molecule has 3 aromatic rings. The first-order chi connectivity index (χ1) is 19.5. The van der Waals surface area contributed by atoms with Crippen molar-refractivity contribution in [3.63, 3.8) is 0 Å². The smallest absolute Gasteiger partial charge is 0.169 e. The number of hydrogen-bond acceptors (Lipinski definition) is 8. The van der Waals surface area contributed by atoms with Crippen molar-refractivity contribution in [2.45, 2.75) is 20.0 Å². The van der Waals surface area contributed by atoms with E-state index in [4.69, 9.17) is 14.3 Å². The van der Waals surface area contributed by atoms with Gasteiger partial charge in [-0.3, -0.25) is 14.6 Å². The standard InChI is InChI=1S/C32H35N3O4S/c1-21(15-23-7-5-4-6-8-23)18-34-11-13-35(14-12-34)19-29-26-20-38-28-16-24(31-10-9-30(40-31)22(2)36)27(37-3)17-25(28)32(26)33-39-29/h4-10,15-17,26,29H,11-14,18-20H2,1-3H3. The van der Waals surface area contributed by atoms with E-state index in [0.29, 0.717) is 6.61 Å². The van der Waals surface area contributed by atoms with Crippen LogP contribution in [0.15, 0.2) is 65.3 Å². The molecule has 0 radical (unpaired) electrons. The Morgan fingerprint density at radius 2 is 1.82 bits per heavy atom. The first-order valence-electron chi connectivity index (χ1n) is 13.9. The number of carbonyl (C=O) groups excluding carboxylic acids is 1. The van der Waals surface area contributed by atoms with Crippen LogP contribution in [0, 0.1) is 5.92 Å². The number of ether oxygens (including phenoxy) is 2. The number of hydrogen-bond donors (Lipinski definition) is 0. The number of benzene rings is 2. The van der Waals surface area contributed by atoms with Crippen molar-refractivity contribution < 1.29 is 19.1 Å². The Labute approximate surface area is 239 Å². The van der Waals surface area contributed by atoms with Gasteiger partial charge in [0.05, 0.1) is 17.9 Å². The molecule has 1 aromatic heterocycles. The molecule has 8 heteroatoms. The molecule has 3 aliphatic rings. The van der Waals surface area contributed by atoms with Crippen LogP contribution in [0.1, 0.15) is 34.6 Å². The van der Waals surface area contributed by atoms with Gasteiger partial charge >= 0.3 is 0 Å². The number of piperazine rings is 1. The third kappa shape index (κ3) is 5.57. The lowest BCUT2D eigenvalue weighted by atomic mass is 9.89. The van der Waals surface area contributed by atoms with Gasteiger partial charge in [-0.2, -0.15) is 0 Å². The van der Waals surface area contributed by atoms with Gasteiger partial charge in [-0.25, -0.2) is 0 Å². The molecule has 208 valence electrons. The van der Waals surface area contributed by atoms with E-state index >= 15 is 0 Å². The summed E-state index contributed by atoms with van der Waals surface area (Å²) in [6.07, 6.45) is 2.25. The van der Waals surface area contributed by atoms with Gasteiger partial charge in [-0.15, -0.1) is 11.3 Å². The molecule has 40 heavy (non-hydrogen) atoms. The van der Waals surface area contributed by atoms with E-state index in [2.05, 4.69) is 58.3 Å². The number of fused-ring (bicyclic) bond motifs is 3. The SMILES string of the molecule is COc1cc2c(cc1-c1ccc(C(C)=O)s1)OCC1C2=NOC1CN1CCN(CC(C)=Cc2ccccc2)CC1. The topological polar surface area (TPSA) is 63.6 Å². The Morgan fingerprint density at radius 1 is 1.05 bits per heavy atom. The van der Waals surface area contributed by atoms with Gasteiger partial charge in [0.15, 0.2) is 11.9 Å². The minimum atomic E-state index is -0.0319. The lowest BCUT2D eigenvalue weighted by Crippen LogP contribution is -2.50. The Hall–Kier alpha value is -3.46. The van der Waals surface area contributed by atoms with E-state index in [1.165, 1.54) is 22.5 Å². The van der Waals surface area contributed by atoms with Crippen LogP contribution in [-0.2, 0) is 4.84 Å². The highest BCUT2D eigenvalue weighted by Gasteiger charge is 2.41. The molecule has 0 amide bonds. The molecule has 0 spiro atoms. The van der Waals surface area contributed by atoms with Gasteiger partial charge in [-0.05, 0) is 43.7 Å². The molecule has 0 N–H and O–H groups in total. The Balaban J connectivity index is 1.08. The summed E-state index contributed by atoms with van der Waals surface area (Å²) in [5.41, 5.74) is 5.42. The van der Waals surface area contributed by atoms with Crippen molar-refractivity contribution in [1.82, 2.24) is 9.80 Å².